The van der Waals surface area contributed by atoms with Gasteiger partial charge < -0.3 is 10.6 Å². The molecule has 0 amide bonds. The van der Waals surface area contributed by atoms with Gasteiger partial charge in [-0.3, -0.25) is 0 Å². The fraction of sp³-hybridized carbons (Fsp3) is 0.231. The zero-order valence-corrected chi connectivity index (χ0v) is 12.1. The Hall–Kier alpha value is -1.52. The van der Waals surface area contributed by atoms with E-state index in [1.54, 1.807) is 18.2 Å². The predicted octanol–water partition coefficient (Wildman–Crippen LogP) is 4.35. The third-order valence-electron chi connectivity index (χ3n) is 2.29. The molecule has 0 fully saturated rings. The smallest absolute Gasteiger partial charge is 0.135 e. The van der Waals surface area contributed by atoms with E-state index in [1.165, 1.54) is 6.33 Å². The number of benzene rings is 1. The number of hydrogen-bond acceptors (Lipinski definition) is 4. The molecule has 4 nitrogen and oxygen atoms in total. The molecule has 0 aliphatic rings. The summed E-state index contributed by atoms with van der Waals surface area (Å²) in [6.45, 7) is 4.09. The highest BCUT2D eigenvalue weighted by Gasteiger charge is 2.04. The van der Waals surface area contributed by atoms with E-state index in [2.05, 4.69) is 20.6 Å². The van der Waals surface area contributed by atoms with Crippen LogP contribution in [0.15, 0.2) is 30.6 Å². The molecule has 0 saturated heterocycles. The molecule has 0 atom stereocenters. The summed E-state index contributed by atoms with van der Waals surface area (Å²) in [6.07, 6.45) is 1.49. The lowest BCUT2D eigenvalue weighted by Gasteiger charge is -2.11. The standard InChI is InChI=1S/C13H14Cl2N4/c1-8(2)18-12-6-13(17-7-16-12)19-11-5-9(14)3-4-10(11)15/h3-8H,1-2H3,(H2,16,17,18,19). The summed E-state index contributed by atoms with van der Waals surface area (Å²) in [5, 5.41) is 7.52. The van der Waals surface area contributed by atoms with Crippen LogP contribution in [-0.2, 0) is 0 Å². The minimum absolute atomic E-state index is 0.303. The molecule has 2 rings (SSSR count). The molecular formula is C13H14Cl2N4. The van der Waals surface area contributed by atoms with Gasteiger partial charge in [-0.2, -0.15) is 0 Å². The number of nitrogens with one attached hydrogen (secondary N) is 2. The number of anilines is 3. The van der Waals surface area contributed by atoms with Crippen molar-refractivity contribution >= 4 is 40.5 Å². The van der Waals surface area contributed by atoms with Crippen molar-refractivity contribution in [1.29, 1.82) is 0 Å². The van der Waals surface area contributed by atoms with Crippen molar-refractivity contribution in [3.8, 4) is 0 Å². The van der Waals surface area contributed by atoms with E-state index in [1.807, 2.05) is 19.9 Å². The number of hydrogen-bond donors (Lipinski definition) is 2. The Bertz CT molecular complexity index is 572. The summed E-state index contributed by atoms with van der Waals surface area (Å²) in [5.41, 5.74) is 0.711. The Labute approximate surface area is 122 Å². The predicted molar refractivity (Wildman–Crippen MR) is 80.5 cm³/mol. The Morgan fingerprint density at radius 1 is 1.05 bits per heavy atom. The summed E-state index contributed by atoms with van der Waals surface area (Å²) in [6, 6.07) is 7.35. The van der Waals surface area contributed by atoms with Crippen LogP contribution in [0.4, 0.5) is 17.3 Å². The van der Waals surface area contributed by atoms with Gasteiger partial charge in [-0.05, 0) is 32.0 Å². The lowest BCUT2D eigenvalue weighted by atomic mass is 10.3. The molecule has 0 saturated carbocycles. The maximum atomic E-state index is 6.09. The van der Waals surface area contributed by atoms with Crippen molar-refractivity contribution in [3.63, 3.8) is 0 Å². The monoisotopic (exact) mass is 296 g/mol. The zero-order chi connectivity index (χ0) is 13.8. The van der Waals surface area contributed by atoms with Crippen molar-refractivity contribution in [2.24, 2.45) is 0 Å². The third-order valence-corrected chi connectivity index (χ3v) is 2.86. The van der Waals surface area contributed by atoms with E-state index in [0.29, 0.717) is 27.6 Å². The highest BCUT2D eigenvalue weighted by Crippen LogP contribution is 2.28. The molecule has 0 aliphatic heterocycles. The van der Waals surface area contributed by atoms with Crippen LogP contribution in [0.1, 0.15) is 13.8 Å². The van der Waals surface area contributed by atoms with Crippen LogP contribution < -0.4 is 10.6 Å². The molecule has 1 heterocycles. The summed E-state index contributed by atoms with van der Waals surface area (Å²) >= 11 is 12.0. The van der Waals surface area contributed by atoms with Gasteiger partial charge in [0, 0.05) is 17.1 Å². The van der Waals surface area contributed by atoms with Crippen LogP contribution in [0.3, 0.4) is 0 Å². The van der Waals surface area contributed by atoms with Gasteiger partial charge >= 0.3 is 0 Å². The van der Waals surface area contributed by atoms with Crippen LogP contribution in [-0.4, -0.2) is 16.0 Å². The molecule has 1 aromatic carbocycles. The van der Waals surface area contributed by atoms with Gasteiger partial charge in [0.2, 0.25) is 0 Å². The Morgan fingerprint density at radius 2 is 1.79 bits per heavy atom. The van der Waals surface area contributed by atoms with Gasteiger partial charge in [-0.1, -0.05) is 23.2 Å². The first kappa shape index (κ1) is 13.9. The maximum Gasteiger partial charge on any atom is 0.135 e. The molecule has 1 aromatic heterocycles. The van der Waals surface area contributed by atoms with Crippen molar-refractivity contribution in [2.75, 3.05) is 10.6 Å². The van der Waals surface area contributed by atoms with Gasteiger partial charge in [0.05, 0.1) is 10.7 Å². The number of rotatable bonds is 4. The van der Waals surface area contributed by atoms with Gasteiger partial charge in [-0.15, -0.1) is 0 Å². The Balaban J connectivity index is 2.21. The van der Waals surface area contributed by atoms with E-state index < -0.39 is 0 Å². The second-order valence-corrected chi connectivity index (χ2v) is 5.18. The van der Waals surface area contributed by atoms with Gasteiger partial charge in [0.25, 0.3) is 0 Å². The molecule has 6 heteroatoms. The minimum atomic E-state index is 0.303. The summed E-state index contributed by atoms with van der Waals surface area (Å²) in [4.78, 5) is 8.29. The van der Waals surface area contributed by atoms with Crippen LogP contribution in [0.5, 0.6) is 0 Å². The van der Waals surface area contributed by atoms with Crippen molar-refractivity contribution in [2.45, 2.75) is 19.9 Å². The number of nitrogens with zero attached hydrogens (tertiary/aromatic N) is 2. The van der Waals surface area contributed by atoms with Crippen LogP contribution in [0, 0.1) is 0 Å². The molecule has 0 aliphatic carbocycles. The molecule has 2 N–H and O–H groups in total. The molecule has 0 bridgehead atoms. The lowest BCUT2D eigenvalue weighted by molar-refractivity contribution is 0.886. The van der Waals surface area contributed by atoms with E-state index in [0.717, 1.165) is 5.82 Å². The van der Waals surface area contributed by atoms with Gasteiger partial charge in [0.15, 0.2) is 0 Å². The molecular weight excluding hydrogens is 283 g/mol. The number of aromatic nitrogens is 2. The van der Waals surface area contributed by atoms with E-state index in [-0.39, 0.29) is 0 Å². The van der Waals surface area contributed by atoms with Crippen LogP contribution in [0.2, 0.25) is 10.0 Å². The lowest BCUT2D eigenvalue weighted by Crippen LogP contribution is -2.11. The van der Waals surface area contributed by atoms with Crippen molar-refractivity contribution < 1.29 is 0 Å². The normalized spacial score (nSPS) is 10.6. The molecule has 100 valence electrons. The molecule has 0 unspecified atom stereocenters. The summed E-state index contributed by atoms with van der Waals surface area (Å²) in [5.74, 6) is 1.41. The summed E-state index contributed by atoms with van der Waals surface area (Å²) < 4.78 is 0. The van der Waals surface area contributed by atoms with Crippen LogP contribution in [0.25, 0.3) is 0 Å². The average Bonchev–Trinajstić information content (AvgIpc) is 2.33. The first-order valence-corrected chi connectivity index (χ1v) is 6.61. The van der Waals surface area contributed by atoms with Crippen LogP contribution >= 0.6 is 23.2 Å². The third kappa shape index (κ3) is 3.98. The molecule has 19 heavy (non-hydrogen) atoms. The highest BCUT2D eigenvalue weighted by atomic mass is 35.5. The minimum Gasteiger partial charge on any atom is -0.368 e. The first-order chi connectivity index (χ1) is 9.04. The van der Waals surface area contributed by atoms with Crippen molar-refractivity contribution in [1.82, 2.24) is 9.97 Å². The van der Waals surface area contributed by atoms with E-state index >= 15 is 0 Å². The molecule has 0 radical (unpaired) electrons. The highest BCUT2D eigenvalue weighted by molar-refractivity contribution is 6.35. The Kier molecular flexibility index (Phi) is 4.45. The quantitative estimate of drug-likeness (QED) is 0.881. The first-order valence-electron chi connectivity index (χ1n) is 5.85. The SMILES string of the molecule is CC(C)Nc1cc(Nc2cc(Cl)ccc2Cl)ncn1. The fourth-order valence-electron chi connectivity index (χ4n) is 1.53. The maximum absolute atomic E-state index is 6.09. The van der Waals surface area contributed by atoms with Gasteiger partial charge in [0.1, 0.15) is 18.0 Å². The fourth-order valence-corrected chi connectivity index (χ4v) is 1.87. The van der Waals surface area contributed by atoms with E-state index in [4.69, 9.17) is 23.2 Å². The van der Waals surface area contributed by atoms with Gasteiger partial charge in [-0.25, -0.2) is 9.97 Å². The molecule has 2 aromatic rings. The largest absolute Gasteiger partial charge is 0.368 e. The zero-order valence-electron chi connectivity index (χ0n) is 10.6. The van der Waals surface area contributed by atoms with Crippen molar-refractivity contribution in [3.05, 3.63) is 40.6 Å². The molecule has 0 spiro atoms. The second-order valence-electron chi connectivity index (χ2n) is 4.34. The Morgan fingerprint density at radius 3 is 2.53 bits per heavy atom. The second kappa shape index (κ2) is 6.08. The topological polar surface area (TPSA) is 49.8 Å². The van der Waals surface area contributed by atoms with E-state index in [9.17, 15) is 0 Å². The average molecular weight is 297 g/mol. The number of halogens is 2. The summed E-state index contributed by atoms with van der Waals surface area (Å²) in [7, 11) is 0.